The van der Waals surface area contributed by atoms with E-state index in [1.807, 2.05) is 6.07 Å². The van der Waals surface area contributed by atoms with Crippen LogP contribution in [0.4, 0.5) is 0 Å². The predicted octanol–water partition coefficient (Wildman–Crippen LogP) is 2.28. The van der Waals surface area contributed by atoms with Crippen molar-refractivity contribution < 1.29 is 10.0 Å². The number of amides is 1. The Kier molecular flexibility index (Phi) is 4.71. The van der Waals surface area contributed by atoms with Crippen LogP contribution >= 0.6 is 0 Å². The number of nitrogens with zero attached hydrogens (tertiary/aromatic N) is 1. The molecule has 0 spiro atoms. The Hall–Kier alpha value is -1.65. The van der Waals surface area contributed by atoms with Gasteiger partial charge in [-0.25, -0.2) is 5.48 Å². The molecule has 2 rings (SSSR count). The fourth-order valence-corrected chi connectivity index (χ4v) is 2.50. The smallest absolute Gasteiger partial charge is 0.267 e. The predicted molar refractivity (Wildman–Crippen MR) is 73.7 cm³/mol. The zero-order valence-electron chi connectivity index (χ0n) is 11.2. The Morgan fingerprint density at radius 2 is 1.95 bits per heavy atom. The van der Waals surface area contributed by atoms with E-state index >= 15 is 0 Å². The lowest BCUT2D eigenvalue weighted by Gasteiger charge is -2.33. The summed E-state index contributed by atoms with van der Waals surface area (Å²) >= 11 is 0. The van der Waals surface area contributed by atoms with Crippen LogP contribution in [0.25, 0.3) is 0 Å². The van der Waals surface area contributed by atoms with Crippen LogP contribution in [0.15, 0.2) is 42.0 Å². The summed E-state index contributed by atoms with van der Waals surface area (Å²) in [6, 6.07) is 10.8. The molecule has 0 saturated carbocycles. The molecule has 2 N–H and O–H groups in total. The van der Waals surface area contributed by atoms with Gasteiger partial charge in [0.15, 0.2) is 0 Å². The number of carbonyl (C=O) groups excluding carboxylic acids is 1. The van der Waals surface area contributed by atoms with Crippen molar-refractivity contribution in [2.45, 2.75) is 25.8 Å². The maximum absolute atomic E-state index is 11.1. The number of nitrogens with one attached hydrogen (secondary N) is 1. The molecule has 1 heterocycles. The Bertz CT molecular complexity index is 446. The van der Waals surface area contributed by atoms with Gasteiger partial charge in [0.2, 0.25) is 0 Å². The average Bonchev–Trinajstić information content (AvgIpc) is 2.48. The van der Waals surface area contributed by atoms with E-state index < -0.39 is 5.91 Å². The second kappa shape index (κ2) is 6.50. The van der Waals surface area contributed by atoms with Gasteiger partial charge in [-0.05, 0) is 25.3 Å². The second-order valence-electron chi connectivity index (χ2n) is 4.90. The summed E-state index contributed by atoms with van der Waals surface area (Å²) < 4.78 is 0. The van der Waals surface area contributed by atoms with Crippen LogP contribution in [0.1, 0.15) is 31.4 Å². The third-order valence-electron chi connectivity index (χ3n) is 3.72. The van der Waals surface area contributed by atoms with Gasteiger partial charge in [-0.15, -0.1) is 0 Å². The number of hydrogen-bond donors (Lipinski definition) is 2. The largest absolute Gasteiger partial charge is 0.296 e. The van der Waals surface area contributed by atoms with Crippen LogP contribution < -0.4 is 5.48 Å². The number of hydroxylamine groups is 1. The Balaban J connectivity index is 1.93. The highest BCUT2D eigenvalue weighted by Crippen LogP contribution is 2.25. The molecule has 1 aliphatic heterocycles. The quantitative estimate of drug-likeness (QED) is 0.498. The first kappa shape index (κ1) is 13.8. The number of rotatable bonds is 3. The summed E-state index contributed by atoms with van der Waals surface area (Å²) in [6.07, 6.45) is 3.26. The molecular formula is C15H20N2O2. The van der Waals surface area contributed by atoms with E-state index in [9.17, 15) is 4.79 Å². The normalized spacial score (nSPS) is 17.9. The molecule has 1 fully saturated rings. The lowest BCUT2D eigenvalue weighted by molar-refractivity contribution is -0.124. The average molecular weight is 260 g/mol. The van der Waals surface area contributed by atoms with Crippen molar-refractivity contribution in [3.63, 3.8) is 0 Å². The highest BCUT2D eigenvalue weighted by Gasteiger charge is 2.20. The first-order chi connectivity index (χ1) is 9.20. The van der Waals surface area contributed by atoms with E-state index in [0.29, 0.717) is 6.04 Å². The Morgan fingerprint density at radius 1 is 1.32 bits per heavy atom. The molecule has 0 aromatic heterocycles. The highest BCUT2D eigenvalue weighted by molar-refractivity contribution is 5.87. The summed E-state index contributed by atoms with van der Waals surface area (Å²) in [4.78, 5) is 13.5. The Labute approximate surface area is 113 Å². The molecule has 102 valence electrons. The highest BCUT2D eigenvalue weighted by atomic mass is 16.5. The molecule has 1 aromatic rings. The van der Waals surface area contributed by atoms with Crippen LogP contribution in [0.5, 0.6) is 0 Å². The minimum Gasteiger partial charge on any atom is -0.296 e. The van der Waals surface area contributed by atoms with Crippen LogP contribution in [0, 0.1) is 0 Å². The number of hydrogen-bond acceptors (Lipinski definition) is 3. The van der Waals surface area contributed by atoms with Gasteiger partial charge in [0.25, 0.3) is 5.91 Å². The fraction of sp³-hybridized carbons (Fsp3) is 0.400. The van der Waals surface area contributed by atoms with E-state index in [1.165, 1.54) is 11.6 Å². The zero-order valence-corrected chi connectivity index (χ0v) is 11.2. The van der Waals surface area contributed by atoms with Crippen LogP contribution in [0.2, 0.25) is 0 Å². The van der Waals surface area contributed by atoms with Gasteiger partial charge in [0.1, 0.15) is 0 Å². The van der Waals surface area contributed by atoms with Gasteiger partial charge < -0.3 is 0 Å². The Morgan fingerprint density at radius 3 is 2.53 bits per heavy atom. The van der Waals surface area contributed by atoms with Crippen molar-refractivity contribution in [3.05, 3.63) is 47.5 Å². The zero-order chi connectivity index (χ0) is 13.7. The molecule has 0 radical (unpaired) electrons. The van der Waals surface area contributed by atoms with Crippen molar-refractivity contribution >= 4 is 5.91 Å². The van der Waals surface area contributed by atoms with Gasteiger partial charge in [0, 0.05) is 25.2 Å². The van der Waals surface area contributed by atoms with Gasteiger partial charge in [-0.3, -0.25) is 14.9 Å². The third kappa shape index (κ3) is 3.66. The lowest BCUT2D eigenvalue weighted by atomic mass is 9.99. The van der Waals surface area contributed by atoms with E-state index in [2.05, 4.69) is 36.1 Å². The molecule has 1 aliphatic rings. The van der Waals surface area contributed by atoms with Crippen molar-refractivity contribution in [1.82, 2.24) is 10.4 Å². The molecular weight excluding hydrogens is 240 g/mol. The molecule has 1 amide bonds. The molecule has 19 heavy (non-hydrogen) atoms. The van der Waals surface area contributed by atoms with E-state index in [4.69, 9.17) is 5.21 Å². The molecule has 1 aromatic carbocycles. The molecule has 4 heteroatoms. The SMILES string of the molecule is CC(c1ccccc1)N1CCC(=CC(=O)NO)CC1. The van der Waals surface area contributed by atoms with E-state index in [-0.39, 0.29) is 0 Å². The monoisotopic (exact) mass is 260 g/mol. The van der Waals surface area contributed by atoms with Crippen LogP contribution in [-0.2, 0) is 4.79 Å². The van der Waals surface area contributed by atoms with Crippen molar-refractivity contribution in [3.8, 4) is 0 Å². The molecule has 4 nitrogen and oxygen atoms in total. The van der Waals surface area contributed by atoms with Crippen molar-refractivity contribution in [2.75, 3.05) is 13.1 Å². The van der Waals surface area contributed by atoms with Crippen molar-refractivity contribution in [1.29, 1.82) is 0 Å². The number of carbonyl (C=O) groups is 1. The summed E-state index contributed by atoms with van der Waals surface area (Å²) in [5.74, 6) is -0.431. The molecule has 1 saturated heterocycles. The number of piperidine rings is 1. The lowest BCUT2D eigenvalue weighted by Crippen LogP contribution is -2.33. The maximum Gasteiger partial charge on any atom is 0.267 e. The minimum absolute atomic E-state index is 0.398. The van der Waals surface area contributed by atoms with Gasteiger partial charge >= 0.3 is 0 Å². The molecule has 1 atom stereocenters. The summed E-state index contributed by atoms with van der Waals surface area (Å²) in [6.45, 7) is 4.10. The first-order valence-electron chi connectivity index (χ1n) is 6.63. The number of benzene rings is 1. The molecule has 0 bridgehead atoms. The summed E-state index contributed by atoms with van der Waals surface area (Å²) in [5.41, 5.74) is 4.07. The summed E-state index contributed by atoms with van der Waals surface area (Å²) in [5, 5.41) is 8.50. The van der Waals surface area contributed by atoms with Gasteiger partial charge in [-0.1, -0.05) is 35.9 Å². The number of likely N-dealkylation sites (tertiary alicyclic amines) is 1. The fourth-order valence-electron chi connectivity index (χ4n) is 2.50. The molecule has 1 unspecified atom stereocenters. The summed E-state index contributed by atoms with van der Waals surface area (Å²) in [7, 11) is 0. The topological polar surface area (TPSA) is 52.6 Å². The van der Waals surface area contributed by atoms with Crippen molar-refractivity contribution in [2.24, 2.45) is 0 Å². The van der Waals surface area contributed by atoms with Gasteiger partial charge in [0.05, 0.1) is 0 Å². The van der Waals surface area contributed by atoms with E-state index in [1.54, 1.807) is 5.48 Å². The molecule has 0 aliphatic carbocycles. The minimum atomic E-state index is -0.431. The van der Waals surface area contributed by atoms with Crippen LogP contribution in [-0.4, -0.2) is 29.1 Å². The third-order valence-corrected chi connectivity index (χ3v) is 3.72. The van der Waals surface area contributed by atoms with Gasteiger partial charge in [-0.2, -0.15) is 0 Å². The maximum atomic E-state index is 11.1. The second-order valence-corrected chi connectivity index (χ2v) is 4.90. The van der Waals surface area contributed by atoms with Crippen LogP contribution in [0.3, 0.4) is 0 Å². The first-order valence-corrected chi connectivity index (χ1v) is 6.63. The standard InChI is InChI=1S/C15H20N2O2/c1-12(14-5-3-2-4-6-14)17-9-7-13(8-10-17)11-15(18)16-19/h2-6,11-12,19H,7-10H2,1H3,(H,16,18). The van der Waals surface area contributed by atoms with E-state index in [0.717, 1.165) is 31.5 Å².